The van der Waals surface area contributed by atoms with Gasteiger partial charge in [0.1, 0.15) is 6.17 Å². The molecule has 1 aromatic heterocycles. The van der Waals surface area contributed by atoms with Gasteiger partial charge in [-0.1, -0.05) is 128 Å². The largest absolute Gasteiger partial charge is 0.349 e. The lowest BCUT2D eigenvalue weighted by Crippen LogP contribution is -2.28. The summed E-state index contributed by atoms with van der Waals surface area (Å²) in [6, 6.07) is 41.9. The van der Waals surface area contributed by atoms with Crippen molar-refractivity contribution in [2.75, 3.05) is 7.05 Å². The molecule has 0 amide bonds. The van der Waals surface area contributed by atoms with E-state index in [-0.39, 0.29) is 6.17 Å². The predicted molar refractivity (Wildman–Crippen MR) is 219 cm³/mol. The van der Waals surface area contributed by atoms with Crippen LogP contribution in [0, 0.1) is 5.92 Å². The lowest BCUT2D eigenvalue weighted by Gasteiger charge is -2.35. The standard InChI is InChI=1S/C49H39N3/c1-31-19-24-42-43(27-31)38-15-7-5-12-35(38)28-44(42)46-30-47(45-29-36-13-4-6-14-37(36)40-17-9-10-18-41(40)45)52(2)49(51-46)34-22-20-33(21-23-34)48-39-16-8-3-11-32(39)25-26-50-48/h3-4,6-11,13-26,28-31,49H,5,12,27H2,1-2H3. The third-order valence-electron chi connectivity index (χ3n) is 11.3. The van der Waals surface area contributed by atoms with E-state index in [1.54, 1.807) is 0 Å². The van der Waals surface area contributed by atoms with Crippen molar-refractivity contribution in [2.45, 2.75) is 32.4 Å². The third-order valence-corrected chi connectivity index (χ3v) is 11.3. The van der Waals surface area contributed by atoms with Crippen LogP contribution in [0.4, 0.5) is 0 Å². The molecule has 10 rings (SSSR count). The van der Waals surface area contributed by atoms with Crippen molar-refractivity contribution in [3.05, 3.63) is 179 Å². The number of nitrogens with zero attached hydrogens (tertiary/aromatic N) is 3. The average molecular weight is 670 g/mol. The minimum absolute atomic E-state index is 0.215. The van der Waals surface area contributed by atoms with E-state index in [1.807, 2.05) is 6.20 Å². The second kappa shape index (κ2) is 12.3. The molecule has 3 aliphatic rings. The molecule has 3 nitrogen and oxygen atoms in total. The second-order valence-electron chi connectivity index (χ2n) is 14.6. The van der Waals surface area contributed by atoms with E-state index < -0.39 is 0 Å². The normalized spacial score (nSPS) is 18.0. The zero-order chi connectivity index (χ0) is 34.8. The highest BCUT2D eigenvalue weighted by molar-refractivity contribution is 6.18. The summed E-state index contributed by atoms with van der Waals surface area (Å²) in [6.45, 7) is 2.33. The molecule has 0 radical (unpaired) electrons. The number of hydrogen-bond acceptors (Lipinski definition) is 3. The number of aromatic nitrogens is 1. The highest BCUT2D eigenvalue weighted by Crippen LogP contribution is 2.42. The molecular formula is C49H39N3. The third kappa shape index (κ3) is 5.03. The van der Waals surface area contributed by atoms with Gasteiger partial charge in [-0.05, 0) is 104 Å². The Kier molecular flexibility index (Phi) is 7.28. The fraction of sp³-hybridized carbons (Fsp3) is 0.143. The van der Waals surface area contributed by atoms with Gasteiger partial charge in [-0.25, -0.2) is 0 Å². The molecule has 0 N–H and O–H groups in total. The maximum atomic E-state index is 5.65. The molecule has 2 aliphatic carbocycles. The van der Waals surface area contributed by atoms with Crippen LogP contribution in [0.1, 0.15) is 58.5 Å². The fourth-order valence-corrected chi connectivity index (χ4v) is 8.72. The Morgan fingerprint density at radius 2 is 1.44 bits per heavy atom. The van der Waals surface area contributed by atoms with E-state index >= 15 is 0 Å². The second-order valence-corrected chi connectivity index (χ2v) is 14.6. The fourth-order valence-electron chi connectivity index (χ4n) is 8.72. The Bertz CT molecular complexity index is 2690. The van der Waals surface area contributed by atoms with Gasteiger partial charge in [0.2, 0.25) is 0 Å². The lowest BCUT2D eigenvalue weighted by atomic mass is 9.79. The number of benzene rings is 6. The lowest BCUT2D eigenvalue weighted by molar-refractivity contribution is 0.364. The van der Waals surface area contributed by atoms with Crippen molar-refractivity contribution < 1.29 is 0 Å². The first kappa shape index (κ1) is 30.7. The Hall–Kier alpha value is -6.06. The predicted octanol–water partition coefficient (Wildman–Crippen LogP) is 11.8. The first-order valence-corrected chi connectivity index (χ1v) is 18.5. The summed E-state index contributed by atoms with van der Waals surface area (Å²) in [5.74, 6) is 0.513. The zero-order valence-electron chi connectivity index (χ0n) is 29.6. The Morgan fingerprint density at radius 3 is 2.29 bits per heavy atom. The van der Waals surface area contributed by atoms with Gasteiger partial charge in [-0.2, -0.15) is 0 Å². The molecule has 2 atom stereocenters. The summed E-state index contributed by atoms with van der Waals surface area (Å²) < 4.78 is 0. The molecular weight excluding hydrogens is 631 g/mol. The molecule has 3 heteroatoms. The van der Waals surface area contributed by atoms with E-state index in [0.29, 0.717) is 5.92 Å². The Labute approximate surface area is 305 Å². The van der Waals surface area contributed by atoms with Crippen LogP contribution in [0.3, 0.4) is 0 Å². The van der Waals surface area contributed by atoms with Crippen molar-refractivity contribution in [1.29, 1.82) is 0 Å². The van der Waals surface area contributed by atoms with Crippen molar-refractivity contribution in [2.24, 2.45) is 10.9 Å². The van der Waals surface area contributed by atoms with Gasteiger partial charge in [0.05, 0.1) is 11.4 Å². The number of rotatable bonds is 4. The maximum Gasteiger partial charge on any atom is 0.147 e. The SMILES string of the molecule is CC1C=Cc2c(C3=NC(c4ccc(-c5nccc6ccccc56)cc4)N(C)C(c4cc5ccccc5c5ccccc45)=C3)cc3c(c2C1)C=CCC3. The number of aliphatic imine (C=N–C) groups is 1. The average Bonchev–Trinajstić information content (AvgIpc) is 3.20. The molecule has 0 saturated carbocycles. The van der Waals surface area contributed by atoms with Gasteiger partial charge < -0.3 is 4.90 Å². The highest BCUT2D eigenvalue weighted by Gasteiger charge is 2.29. The van der Waals surface area contributed by atoms with Crippen LogP contribution in [0.25, 0.3) is 61.4 Å². The van der Waals surface area contributed by atoms with Crippen LogP contribution in [0.5, 0.6) is 0 Å². The number of pyridine rings is 1. The van der Waals surface area contributed by atoms with E-state index in [4.69, 9.17) is 9.98 Å². The molecule has 6 aromatic carbocycles. The van der Waals surface area contributed by atoms with Crippen LogP contribution in [-0.2, 0) is 12.8 Å². The van der Waals surface area contributed by atoms with Crippen LogP contribution in [-0.4, -0.2) is 22.6 Å². The monoisotopic (exact) mass is 669 g/mol. The molecule has 2 heterocycles. The van der Waals surface area contributed by atoms with Crippen molar-refractivity contribution in [3.63, 3.8) is 0 Å². The zero-order valence-corrected chi connectivity index (χ0v) is 29.6. The van der Waals surface area contributed by atoms with E-state index in [1.165, 1.54) is 66.0 Å². The number of hydrogen-bond donors (Lipinski definition) is 0. The van der Waals surface area contributed by atoms with Gasteiger partial charge >= 0.3 is 0 Å². The van der Waals surface area contributed by atoms with Crippen molar-refractivity contribution in [1.82, 2.24) is 9.88 Å². The van der Waals surface area contributed by atoms with Crippen molar-refractivity contribution in [3.8, 4) is 11.3 Å². The van der Waals surface area contributed by atoms with Crippen LogP contribution < -0.4 is 0 Å². The molecule has 0 bridgehead atoms. The van der Waals surface area contributed by atoms with Crippen LogP contribution >= 0.6 is 0 Å². The Morgan fingerprint density at radius 1 is 0.692 bits per heavy atom. The van der Waals surface area contributed by atoms with E-state index in [0.717, 1.165) is 47.2 Å². The first-order valence-electron chi connectivity index (χ1n) is 18.5. The minimum Gasteiger partial charge on any atom is -0.349 e. The molecule has 250 valence electrons. The van der Waals surface area contributed by atoms with Crippen LogP contribution in [0.2, 0.25) is 0 Å². The van der Waals surface area contributed by atoms with Gasteiger partial charge in [-0.15, -0.1) is 0 Å². The summed E-state index contributed by atoms with van der Waals surface area (Å²) >= 11 is 0. The smallest absolute Gasteiger partial charge is 0.147 e. The first-order chi connectivity index (χ1) is 25.6. The number of allylic oxidation sites excluding steroid dienone is 3. The molecule has 52 heavy (non-hydrogen) atoms. The molecule has 0 saturated heterocycles. The molecule has 0 fully saturated rings. The summed E-state index contributed by atoms with van der Waals surface area (Å²) in [7, 11) is 2.20. The molecule has 7 aromatic rings. The maximum absolute atomic E-state index is 5.65. The molecule has 1 aliphatic heterocycles. The van der Waals surface area contributed by atoms with Gasteiger partial charge in [0.25, 0.3) is 0 Å². The molecule has 2 unspecified atom stereocenters. The number of aryl methyl sites for hydroxylation is 1. The summed E-state index contributed by atoms with van der Waals surface area (Å²) in [5.41, 5.74) is 13.6. The Balaban J connectivity index is 1.17. The van der Waals surface area contributed by atoms with Crippen molar-refractivity contribution >= 4 is 55.9 Å². The van der Waals surface area contributed by atoms with Gasteiger partial charge in [0, 0.05) is 41.0 Å². The topological polar surface area (TPSA) is 28.5 Å². The van der Waals surface area contributed by atoms with Gasteiger partial charge in [-0.3, -0.25) is 9.98 Å². The summed E-state index contributed by atoms with van der Waals surface area (Å²) in [5, 5.41) is 7.40. The summed E-state index contributed by atoms with van der Waals surface area (Å²) in [4.78, 5) is 12.8. The van der Waals surface area contributed by atoms with Gasteiger partial charge in [0.15, 0.2) is 0 Å². The summed E-state index contributed by atoms with van der Waals surface area (Å²) in [6.07, 6.45) is 16.7. The minimum atomic E-state index is -0.215. The van der Waals surface area contributed by atoms with E-state index in [2.05, 4.69) is 165 Å². The molecule has 0 spiro atoms. The highest BCUT2D eigenvalue weighted by atomic mass is 15.2. The van der Waals surface area contributed by atoms with E-state index in [9.17, 15) is 0 Å². The quantitative estimate of drug-likeness (QED) is 0.175. The number of fused-ring (bicyclic) bond motifs is 7. The van der Waals surface area contributed by atoms with Crippen LogP contribution in [0.15, 0.2) is 145 Å².